The predicted molar refractivity (Wildman–Crippen MR) is 104 cm³/mol. The Balaban J connectivity index is 1.94. The van der Waals surface area contributed by atoms with Gasteiger partial charge in [-0.1, -0.05) is 0 Å². The topological polar surface area (TPSA) is 106 Å². The standard InChI is InChI=1S/C22H14FN5O/c1-13-7-15(10-24)8-14(2)21(13)29-20-6-4-17(12-26)22(28-20)27-18-5-3-16(11-25)19(23)9-18/h3-9H,1-2H3,(H,27,28). The fourth-order valence-electron chi connectivity index (χ4n) is 2.78. The maximum atomic E-state index is 13.9. The van der Waals surface area contributed by atoms with E-state index in [0.29, 0.717) is 17.0 Å². The summed E-state index contributed by atoms with van der Waals surface area (Å²) in [6.45, 7) is 3.65. The van der Waals surface area contributed by atoms with Gasteiger partial charge in [0, 0.05) is 11.8 Å². The number of ether oxygens (including phenoxy) is 1. The first-order valence-corrected chi connectivity index (χ1v) is 8.52. The number of rotatable bonds is 4. The summed E-state index contributed by atoms with van der Waals surface area (Å²) >= 11 is 0. The van der Waals surface area contributed by atoms with Crippen LogP contribution in [0.25, 0.3) is 0 Å². The molecule has 0 fully saturated rings. The second-order valence-electron chi connectivity index (χ2n) is 6.24. The maximum absolute atomic E-state index is 13.9. The summed E-state index contributed by atoms with van der Waals surface area (Å²) in [5, 5.41) is 30.1. The zero-order valence-electron chi connectivity index (χ0n) is 15.6. The highest BCUT2D eigenvalue weighted by molar-refractivity contribution is 5.64. The molecule has 0 radical (unpaired) electrons. The second kappa shape index (κ2) is 8.08. The Morgan fingerprint density at radius 3 is 2.14 bits per heavy atom. The van der Waals surface area contributed by atoms with E-state index >= 15 is 0 Å². The van der Waals surface area contributed by atoms with Crippen molar-refractivity contribution in [3.63, 3.8) is 0 Å². The highest BCUT2D eigenvalue weighted by Gasteiger charge is 2.12. The number of hydrogen-bond acceptors (Lipinski definition) is 6. The molecule has 0 aliphatic heterocycles. The highest BCUT2D eigenvalue weighted by atomic mass is 19.1. The van der Waals surface area contributed by atoms with Crippen LogP contribution in [-0.2, 0) is 0 Å². The minimum Gasteiger partial charge on any atom is -0.438 e. The average Bonchev–Trinajstić information content (AvgIpc) is 2.71. The number of aromatic nitrogens is 1. The maximum Gasteiger partial charge on any atom is 0.221 e. The molecule has 0 aliphatic rings. The quantitative estimate of drug-likeness (QED) is 0.680. The first-order chi connectivity index (χ1) is 13.9. The molecule has 0 unspecified atom stereocenters. The first-order valence-electron chi connectivity index (χ1n) is 8.52. The predicted octanol–water partition coefficient (Wildman–Crippen LogP) is 4.99. The van der Waals surface area contributed by atoms with Gasteiger partial charge in [-0.25, -0.2) is 4.39 Å². The van der Waals surface area contributed by atoms with E-state index in [4.69, 9.17) is 15.3 Å². The number of aryl methyl sites for hydroxylation is 2. The van der Waals surface area contributed by atoms with E-state index in [9.17, 15) is 9.65 Å². The van der Waals surface area contributed by atoms with Gasteiger partial charge in [-0.05, 0) is 61.4 Å². The van der Waals surface area contributed by atoms with E-state index in [1.807, 2.05) is 19.9 Å². The molecule has 1 heterocycles. The average molecular weight is 383 g/mol. The van der Waals surface area contributed by atoms with Gasteiger partial charge >= 0.3 is 0 Å². The molecule has 2 aromatic carbocycles. The van der Waals surface area contributed by atoms with Crippen LogP contribution < -0.4 is 10.1 Å². The number of hydrogen-bond donors (Lipinski definition) is 1. The van der Waals surface area contributed by atoms with Gasteiger partial charge in [-0.15, -0.1) is 0 Å². The van der Waals surface area contributed by atoms with Crippen molar-refractivity contribution in [2.45, 2.75) is 13.8 Å². The molecule has 0 spiro atoms. The summed E-state index contributed by atoms with van der Waals surface area (Å²) in [5.41, 5.74) is 2.59. The molecule has 0 aliphatic carbocycles. The lowest BCUT2D eigenvalue weighted by Gasteiger charge is -2.13. The molecule has 0 amide bonds. The zero-order valence-corrected chi connectivity index (χ0v) is 15.6. The molecule has 7 heteroatoms. The molecular weight excluding hydrogens is 369 g/mol. The normalized spacial score (nSPS) is 9.79. The van der Waals surface area contributed by atoms with Crippen LogP contribution in [0, 0.1) is 53.7 Å². The van der Waals surface area contributed by atoms with Gasteiger partial charge in [-0.3, -0.25) is 0 Å². The van der Waals surface area contributed by atoms with E-state index in [1.54, 1.807) is 30.3 Å². The van der Waals surface area contributed by atoms with Gasteiger partial charge in [0.2, 0.25) is 5.88 Å². The molecule has 0 saturated carbocycles. The van der Waals surface area contributed by atoms with E-state index < -0.39 is 5.82 Å². The third-order valence-corrected chi connectivity index (χ3v) is 4.14. The molecule has 0 bridgehead atoms. The Kier molecular flexibility index (Phi) is 5.39. The van der Waals surface area contributed by atoms with E-state index in [2.05, 4.69) is 16.4 Å². The Labute approximate surface area is 167 Å². The summed E-state index contributed by atoms with van der Waals surface area (Å²) in [5.74, 6) is 0.318. The van der Waals surface area contributed by atoms with Gasteiger partial charge < -0.3 is 10.1 Å². The lowest BCUT2D eigenvalue weighted by Crippen LogP contribution is -2.01. The Morgan fingerprint density at radius 2 is 1.55 bits per heavy atom. The van der Waals surface area contributed by atoms with Crippen molar-refractivity contribution >= 4 is 11.5 Å². The summed E-state index contributed by atoms with van der Waals surface area (Å²) in [6.07, 6.45) is 0. The van der Waals surface area contributed by atoms with Gasteiger partial charge in [0.05, 0.1) is 22.8 Å². The van der Waals surface area contributed by atoms with Gasteiger partial charge in [0.25, 0.3) is 0 Å². The molecule has 1 aromatic heterocycles. The molecular formula is C22H14FN5O. The molecule has 3 rings (SSSR count). The molecule has 3 aromatic rings. The van der Waals surface area contributed by atoms with E-state index in [0.717, 1.165) is 17.2 Å². The van der Waals surface area contributed by atoms with E-state index in [-0.39, 0.29) is 22.8 Å². The number of nitrogens with one attached hydrogen (secondary N) is 1. The van der Waals surface area contributed by atoms with Crippen LogP contribution in [0.4, 0.5) is 15.9 Å². The largest absolute Gasteiger partial charge is 0.438 e. The minimum atomic E-state index is -0.674. The van der Waals surface area contributed by atoms with Crippen LogP contribution in [0.3, 0.4) is 0 Å². The summed E-state index contributed by atoms with van der Waals surface area (Å²) in [6, 6.07) is 16.4. The van der Waals surface area contributed by atoms with Crippen molar-refractivity contribution in [2.75, 3.05) is 5.32 Å². The SMILES string of the molecule is Cc1cc(C#N)cc(C)c1Oc1ccc(C#N)c(Nc2ccc(C#N)c(F)c2)n1. The van der Waals surface area contributed by atoms with Crippen molar-refractivity contribution in [3.8, 4) is 29.8 Å². The van der Waals surface area contributed by atoms with Crippen LogP contribution in [0.2, 0.25) is 0 Å². The van der Waals surface area contributed by atoms with E-state index in [1.165, 1.54) is 12.1 Å². The van der Waals surface area contributed by atoms with Crippen LogP contribution in [0.1, 0.15) is 27.8 Å². The fourth-order valence-corrected chi connectivity index (χ4v) is 2.78. The number of nitrogens with zero attached hydrogens (tertiary/aromatic N) is 4. The third-order valence-electron chi connectivity index (χ3n) is 4.14. The monoisotopic (exact) mass is 383 g/mol. The summed E-state index contributed by atoms with van der Waals surface area (Å²) < 4.78 is 19.7. The lowest BCUT2D eigenvalue weighted by atomic mass is 10.1. The number of halogens is 1. The van der Waals surface area contributed by atoms with Crippen LogP contribution in [-0.4, -0.2) is 4.98 Å². The Hall–Kier alpha value is -4.41. The number of anilines is 2. The molecule has 0 atom stereocenters. The second-order valence-corrected chi connectivity index (χ2v) is 6.24. The fraction of sp³-hybridized carbons (Fsp3) is 0.0909. The summed E-state index contributed by atoms with van der Waals surface area (Å²) in [7, 11) is 0. The van der Waals surface area contributed by atoms with Crippen molar-refractivity contribution < 1.29 is 9.13 Å². The van der Waals surface area contributed by atoms with Gasteiger partial charge in [0.15, 0.2) is 5.82 Å². The molecule has 0 saturated heterocycles. The van der Waals surface area contributed by atoms with Crippen LogP contribution in [0.5, 0.6) is 11.6 Å². The number of benzene rings is 2. The van der Waals surface area contributed by atoms with Crippen molar-refractivity contribution in [1.82, 2.24) is 4.98 Å². The molecule has 6 nitrogen and oxygen atoms in total. The molecule has 1 N–H and O–H groups in total. The van der Waals surface area contributed by atoms with Crippen molar-refractivity contribution in [3.05, 3.63) is 76.1 Å². The third kappa shape index (κ3) is 4.13. The summed E-state index contributed by atoms with van der Waals surface area (Å²) in [4.78, 5) is 4.32. The first kappa shape index (κ1) is 19.4. The Bertz CT molecular complexity index is 1210. The Morgan fingerprint density at radius 1 is 0.897 bits per heavy atom. The molecule has 29 heavy (non-hydrogen) atoms. The molecule has 140 valence electrons. The van der Waals surface area contributed by atoms with Crippen LogP contribution >= 0.6 is 0 Å². The van der Waals surface area contributed by atoms with Crippen LogP contribution in [0.15, 0.2) is 42.5 Å². The smallest absolute Gasteiger partial charge is 0.221 e. The number of pyridine rings is 1. The van der Waals surface area contributed by atoms with Gasteiger partial charge in [0.1, 0.15) is 23.7 Å². The van der Waals surface area contributed by atoms with Gasteiger partial charge in [-0.2, -0.15) is 20.8 Å². The number of nitriles is 3. The van der Waals surface area contributed by atoms with Crippen molar-refractivity contribution in [2.24, 2.45) is 0 Å². The zero-order chi connectivity index (χ0) is 21.0. The lowest BCUT2D eigenvalue weighted by molar-refractivity contribution is 0.456. The van der Waals surface area contributed by atoms with Crippen molar-refractivity contribution in [1.29, 1.82) is 15.8 Å². The highest BCUT2D eigenvalue weighted by Crippen LogP contribution is 2.31. The minimum absolute atomic E-state index is 0.0760.